The number of nitrogens with zero attached hydrogens (tertiary/aromatic N) is 2. The Hall–Kier alpha value is -1.24. The molecule has 1 aromatic heterocycles. The van der Waals surface area contributed by atoms with E-state index >= 15 is 0 Å². The molecule has 2 N–H and O–H groups in total. The fourth-order valence-electron chi connectivity index (χ4n) is 2.70. The van der Waals surface area contributed by atoms with Crippen LogP contribution in [0.15, 0.2) is 10.9 Å². The Morgan fingerprint density at radius 2 is 2.38 bits per heavy atom. The molecule has 0 aromatic carbocycles. The molecule has 1 atom stereocenters. The van der Waals surface area contributed by atoms with Crippen molar-refractivity contribution in [1.82, 2.24) is 20.2 Å². The van der Waals surface area contributed by atoms with Crippen LogP contribution in [0.25, 0.3) is 0 Å². The van der Waals surface area contributed by atoms with Crippen molar-refractivity contribution in [2.75, 3.05) is 26.2 Å². The third kappa shape index (κ3) is 4.12. The number of hydrogen-bond acceptors (Lipinski definition) is 5. The maximum absolute atomic E-state index is 11.8. The van der Waals surface area contributed by atoms with Gasteiger partial charge in [0.2, 0.25) is 0 Å². The minimum absolute atomic E-state index is 0.0937. The van der Waals surface area contributed by atoms with E-state index in [1.807, 2.05) is 0 Å². The number of aromatic nitrogens is 2. The molecule has 0 spiro atoms. The summed E-state index contributed by atoms with van der Waals surface area (Å²) < 4.78 is 5.79. The zero-order valence-electron chi connectivity index (χ0n) is 12.6. The van der Waals surface area contributed by atoms with Gasteiger partial charge in [-0.05, 0) is 25.8 Å². The quantitative estimate of drug-likeness (QED) is 0.812. The smallest absolute Gasteiger partial charge is 0.251 e. The Morgan fingerprint density at radius 1 is 1.52 bits per heavy atom. The van der Waals surface area contributed by atoms with Gasteiger partial charge in [0.15, 0.2) is 0 Å². The molecule has 2 heterocycles. The fourth-order valence-corrected chi connectivity index (χ4v) is 2.70. The monoisotopic (exact) mass is 292 g/mol. The standard InChI is InChI=1S/C15H24N4O2/c1-2-5-19-6-7-21-13(10-19)15-17-12(8-14(20)18-15)9-16-11-3-4-11/h8,11,13,16H,2-7,9-10H2,1H3,(H,17,18,20). The topological polar surface area (TPSA) is 70.2 Å². The highest BCUT2D eigenvalue weighted by molar-refractivity contribution is 5.06. The third-order valence-corrected chi connectivity index (χ3v) is 3.96. The molecular formula is C15H24N4O2. The van der Waals surface area contributed by atoms with Crippen molar-refractivity contribution in [3.63, 3.8) is 0 Å². The summed E-state index contributed by atoms with van der Waals surface area (Å²) in [5.41, 5.74) is 0.709. The molecule has 0 bridgehead atoms. The van der Waals surface area contributed by atoms with E-state index in [0.29, 0.717) is 25.0 Å². The molecule has 1 aliphatic heterocycles. The second-order valence-electron chi connectivity index (χ2n) is 5.94. The summed E-state index contributed by atoms with van der Waals surface area (Å²) in [6.45, 7) is 6.35. The Labute approximate surface area is 124 Å². The zero-order chi connectivity index (χ0) is 14.7. The highest BCUT2D eigenvalue weighted by Crippen LogP contribution is 2.20. The second kappa shape index (κ2) is 6.68. The summed E-state index contributed by atoms with van der Waals surface area (Å²) in [7, 11) is 0. The highest BCUT2D eigenvalue weighted by Gasteiger charge is 2.24. The second-order valence-corrected chi connectivity index (χ2v) is 5.94. The van der Waals surface area contributed by atoms with E-state index in [0.717, 1.165) is 31.7 Å². The van der Waals surface area contributed by atoms with Crippen LogP contribution < -0.4 is 10.9 Å². The molecule has 1 saturated carbocycles. The Bertz CT molecular complexity index is 525. The van der Waals surface area contributed by atoms with Gasteiger partial charge in [0.1, 0.15) is 11.9 Å². The number of H-pyrrole nitrogens is 1. The highest BCUT2D eigenvalue weighted by atomic mass is 16.5. The summed E-state index contributed by atoms with van der Waals surface area (Å²) in [6.07, 6.45) is 3.46. The van der Waals surface area contributed by atoms with Crippen LogP contribution in [-0.2, 0) is 11.3 Å². The molecule has 21 heavy (non-hydrogen) atoms. The molecule has 1 saturated heterocycles. The molecule has 1 aromatic rings. The van der Waals surface area contributed by atoms with Crippen LogP contribution in [0.4, 0.5) is 0 Å². The van der Waals surface area contributed by atoms with Crippen molar-refractivity contribution >= 4 is 0 Å². The van der Waals surface area contributed by atoms with Crippen LogP contribution in [0.1, 0.15) is 43.8 Å². The first-order valence-electron chi connectivity index (χ1n) is 7.92. The van der Waals surface area contributed by atoms with Crippen LogP contribution in [0, 0.1) is 0 Å². The van der Waals surface area contributed by atoms with Crippen LogP contribution >= 0.6 is 0 Å². The van der Waals surface area contributed by atoms with Gasteiger partial charge in [0.05, 0.1) is 12.3 Å². The van der Waals surface area contributed by atoms with Crippen LogP contribution in [0.2, 0.25) is 0 Å². The molecule has 1 unspecified atom stereocenters. The molecule has 3 rings (SSSR count). The van der Waals surface area contributed by atoms with E-state index in [2.05, 4.69) is 27.1 Å². The van der Waals surface area contributed by atoms with Crippen molar-refractivity contribution in [3.05, 3.63) is 27.9 Å². The first kappa shape index (κ1) is 14.7. The molecule has 2 aliphatic rings. The number of aromatic amines is 1. The van der Waals surface area contributed by atoms with Gasteiger partial charge in [-0.1, -0.05) is 6.92 Å². The molecular weight excluding hydrogens is 268 g/mol. The molecule has 116 valence electrons. The number of nitrogens with one attached hydrogen (secondary N) is 2. The van der Waals surface area contributed by atoms with Gasteiger partial charge >= 0.3 is 0 Å². The van der Waals surface area contributed by atoms with Crippen molar-refractivity contribution in [1.29, 1.82) is 0 Å². The largest absolute Gasteiger partial charge is 0.368 e. The molecule has 0 amide bonds. The van der Waals surface area contributed by atoms with Gasteiger partial charge in [0.25, 0.3) is 5.56 Å². The lowest BCUT2D eigenvalue weighted by Gasteiger charge is -2.32. The van der Waals surface area contributed by atoms with Crippen LogP contribution in [0.5, 0.6) is 0 Å². The lowest BCUT2D eigenvalue weighted by atomic mass is 10.2. The van der Waals surface area contributed by atoms with Gasteiger partial charge in [-0.25, -0.2) is 4.98 Å². The minimum atomic E-state index is -0.126. The minimum Gasteiger partial charge on any atom is -0.368 e. The van der Waals surface area contributed by atoms with Crippen LogP contribution in [-0.4, -0.2) is 47.2 Å². The summed E-state index contributed by atoms with van der Waals surface area (Å²) in [4.78, 5) is 21.6. The Balaban J connectivity index is 1.69. The van der Waals surface area contributed by atoms with E-state index in [-0.39, 0.29) is 11.7 Å². The average Bonchev–Trinajstić information content (AvgIpc) is 3.29. The lowest BCUT2D eigenvalue weighted by molar-refractivity contribution is -0.0344. The van der Waals surface area contributed by atoms with Gasteiger partial charge < -0.3 is 15.0 Å². The number of ether oxygens (including phenoxy) is 1. The van der Waals surface area contributed by atoms with Crippen LogP contribution in [0.3, 0.4) is 0 Å². The first-order valence-corrected chi connectivity index (χ1v) is 7.92. The van der Waals surface area contributed by atoms with E-state index in [1.165, 1.54) is 12.8 Å². The zero-order valence-corrected chi connectivity index (χ0v) is 12.6. The molecule has 6 heteroatoms. The first-order chi connectivity index (χ1) is 10.2. The SMILES string of the molecule is CCCN1CCOC(c2nc(CNC3CC3)cc(=O)[nH]2)C1. The fraction of sp³-hybridized carbons (Fsp3) is 0.733. The van der Waals surface area contributed by atoms with Gasteiger partial charge in [-0.2, -0.15) is 0 Å². The summed E-state index contributed by atoms with van der Waals surface area (Å²) >= 11 is 0. The molecule has 6 nitrogen and oxygen atoms in total. The van der Waals surface area contributed by atoms with E-state index < -0.39 is 0 Å². The summed E-state index contributed by atoms with van der Waals surface area (Å²) in [5.74, 6) is 0.663. The van der Waals surface area contributed by atoms with Gasteiger partial charge in [0, 0.05) is 31.7 Å². The predicted molar refractivity (Wildman–Crippen MR) is 80.1 cm³/mol. The molecule has 0 radical (unpaired) electrons. The van der Waals surface area contributed by atoms with Crippen molar-refractivity contribution < 1.29 is 4.74 Å². The maximum Gasteiger partial charge on any atom is 0.251 e. The van der Waals surface area contributed by atoms with Gasteiger partial charge in [-0.15, -0.1) is 0 Å². The third-order valence-electron chi connectivity index (χ3n) is 3.96. The molecule has 1 aliphatic carbocycles. The van der Waals surface area contributed by atoms with Crippen molar-refractivity contribution in [3.8, 4) is 0 Å². The summed E-state index contributed by atoms with van der Waals surface area (Å²) in [5, 5.41) is 3.39. The normalized spacial score (nSPS) is 23.4. The van der Waals surface area contributed by atoms with Crippen molar-refractivity contribution in [2.45, 2.75) is 44.9 Å². The van der Waals surface area contributed by atoms with E-state index in [4.69, 9.17) is 4.74 Å². The van der Waals surface area contributed by atoms with Gasteiger partial charge in [-0.3, -0.25) is 9.69 Å². The van der Waals surface area contributed by atoms with Crippen molar-refractivity contribution in [2.24, 2.45) is 0 Å². The number of morpholine rings is 1. The Kier molecular flexibility index (Phi) is 4.67. The van der Waals surface area contributed by atoms with E-state index in [1.54, 1.807) is 6.07 Å². The average molecular weight is 292 g/mol. The lowest BCUT2D eigenvalue weighted by Crippen LogP contribution is -2.39. The Morgan fingerprint density at radius 3 is 3.14 bits per heavy atom. The summed E-state index contributed by atoms with van der Waals surface area (Å²) in [6, 6.07) is 2.19. The number of rotatable bonds is 6. The van der Waals surface area contributed by atoms with E-state index in [9.17, 15) is 4.79 Å². The number of hydrogen-bond donors (Lipinski definition) is 2. The predicted octanol–water partition coefficient (Wildman–Crippen LogP) is 0.805. The maximum atomic E-state index is 11.8. The molecule has 2 fully saturated rings.